The van der Waals surface area contributed by atoms with Crippen molar-refractivity contribution in [3.63, 3.8) is 0 Å². The van der Waals surface area contributed by atoms with E-state index in [0.717, 1.165) is 32.4 Å². The van der Waals surface area contributed by atoms with Crippen molar-refractivity contribution in [1.82, 2.24) is 4.90 Å². The lowest BCUT2D eigenvalue weighted by atomic mass is 9.70. The molecule has 0 spiro atoms. The van der Waals surface area contributed by atoms with E-state index >= 15 is 0 Å². The molecule has 2 nitrogen and oxygen atoms in total. The van der Waals surface area contributed by atoms with Crippen LogP contribution in [0.25, 0.3) is 0 Å². The molecular formula is C17H27NO. The molecule has 1 fully saturated rings. The van der Waals surface area contributed by atoms with E-state index in [1.54, 1.807) is 0 Å². The van der Waals surface area contributed by atoms with Crippen molar-refractivity contribution in [3.8, 4) is 0 Å². The number of aliphatic hydroxyl groups excluding tert-OH is 1. The van der Waals surface area contributed by atoms with Crippen LogP contribution in [0.5, 0.6) is 0 Å². The first-order valence-electron chi connectivity index (χ1n) is 7.54. The summed E-state index contributed by atoms with van der Waals surface area (Å²) >= 11 is 0. The second-order valence-corrected chi connectivity index (χ2v) is 6.23. The molecule has 0 aromatic heterocycles. The van der Waals surface area contributed by atoms with Crippen LogP contribution in [0.2, 0.25) is 0 Å². The van der Waals surface area contributed by atoms with E-state index < -0.39 is 0 Å². The smallest absolute Gasteiger partial charge is 0.0543 e. The number of likely N-dealkylation sites (tertiary alicyclic amines) is 1. The van der Waals surface area contributed by atoms with Gasteiger partial charge in [0.05, 0.1) is 6.10 Å². The normalized spacial score (nSPS) is 21.2. The molecule has 1 saturated heterocycles. The molecule has 2 rings (SSSR count). The number of aliphatic hydroxyl groups is 1. The van der Waals surface area contributed by atoms with Gasteiger partial charge in [0.1, 0.15) is 0 Å². The van der Waals surface area contributed by atoms with E-state index in [4.69, 9.17) is 0 Å². The molecule has 1 heterocycles. The van der Waals surface area contributed by atoms with Gasteiger partial charge >= 0.3 is 0 Å². The van der Waals surface area contributed by atoms with Gasteiger partial charge in [-0.25, -0.2) is 0 Å². The number of hydrogen-bond donors (Lipinski definition) is 1. The first kappa shape index (κ1) is 14.5. The largest absolute Gasteiger partial charge is 0.393 e. The molecule has 2 heteroatoms. The fourth-order valence-electron chi connectivity index (χ4n) is 3.22. The minimum absolute atomic E-state index is 0.146. The van der Waals surface area contributed by atoms with Gasteiger partial charge in [0, 0.05) is 0 Å². The fourth-order valence-corrected chi connectivity index (χ4v) is 3.22. The Labute approximate surface area is 117 Å². The SMILES string of the molecule is CCC(O)CC1(Cc2ccccc2)CCN(C)CC1. The summed E-state index contributed by atoms with van der Waals surface area (Å²) in [5.74, 6) is 0. The van der Waals surface area contributed by atoms with Crippen LogP contribution in [0.3, 0.4) is 0 Å². The van der Waals surface area contributed by atoms with Gasteiger partial charge < -0.3 is 10.0 Å². The van der Waals surface area contributed by atoms with Crippen molar-refractivity contribution < 1.29 is 5.11 Å². The van der Waals surface area contributed by atoms with Crippen LogP contribution in [0.4, 0.5) is 0 Å². The lowest BCUT2D eigenvalue weighted by Gasteiger charge is -2.42. The average molecular weight is 261 g/mol. The van der Waals surface area contributed by atoms with Crippen LogP contribution in [0.15, 0.2) is 30.3 Å². The molecule has 0 radical (unpaired) electrons. The standard InChI is InChI=1S/C17H27NO/c1-3-16(19)14-17(9-11-18(2)12-10-17)13-15-7-5-4-6-8-15/h4-8,16,19H,3,9-14H2,1-2H3. The average Bonchev–Trinajstić information content (AvgIpc) is 2.43. The second-order valence-electron chi connectivity index (χ2n) is 6.23. The Bertz CT molecular complexity index is 368. The zero-order valence-corrected chi connectivity index (χ0v) is 12.3. The van der Waals surface area contributed by atoms with Gasteiger partial charge in [-0.2, -0.15) is 0 Å². The highest BCUT2D eigenvalue weighted by Gasteiger charge is 2.35. The van der Waals surface area contributed by atoms with Gasteiger partial charge in [0.2, 0.25) is 0 Å². The van der Waals surface area contributed by atoms with Gasteiger partial charge in [0.15, 0.2) is 0 Å². The minimum atomic E-state index is -0.146. The van der Waals surface area contributed by atoms with Crippen LogP contribution in [0.1, 0.15) is 38.2 Å². The number of piperidine rings is 1. The molecule has 0 aliphatic carbocycles. The highest BCUT2D eigenvalue weighted by Crippen LogP contribution is 2.39. The molecule has 1 aromatic rings. The maximum absolute atomic E-state index is 10.1. The highest BCUT2D eigenvalue weighted by atomic mass is 16.3. The van der Waals surface area contributed by atoms with E-state index in [1.165, 1.54) is 18.4 Å². The summed E-state index contributed by atoms with van der Waals surface area (Å²) in [6.07, 6.45) is 5.19. The van der Waals surface area contributed by atoms with E-state index in [9.17, 15) is 5.11 Å². The highest BCUT2D eigenvalue weighted by molar-refractivity contribution is 5.17. The monoisotopic (exact) mass is 261 g/mol. The number of rotatable bonds is 5. The van der Waals surface area contributed by atoms with Crippen molar-refractivity contribution in [2.75, 3.05) is 20.1 Å². The van der Waals surface area contributed by atoms with Crippen LogP contribution in [0, 0.1) is 5.41 Å². The maximum atomic E-state index is 10.1. The summed E-state index contributed by atoms with van der Waals surface area (Å²) in [6, 6.07) is 10.8. The van der Waals surface area contributed by atoms with Gasteiger partial charge in [-0.15, -0.1) is 0 Å². The van der Waals surface area contributed by atoms with Crippen molar-refractivity contribution in [3.05, 3.63) is 35.9 Å². The molecule has 106 valence electrons. The molecule has 0 saturated carbocycles. The zero-order valence-electron chi connectivity index (χ0n) is 12.3. The van der Waals surface area contributed by atoms with Crippen LogP contribution >= 0.6 is 0 Å². The second kappa shape index (κ2) is 6.53. The van der Waals surface area contributed by atoms with E-state index in [2.05, 4.69) is 49.2 Å². The van der Waals surface area contributed by atoms with Gasteiger partial charge in [-0.3, -0.25) is 0 Å². The summed E-state index contributed by atoms with van der Waals surface area (Å²) in [5.41, 5.74) is 1.71. The molecule has 0 bridgehead atoms. The van der Waals surface area contributed by atoms with Crippen molar-refractivity contribution in [2.24, 2.45) is 5.41 Å². The van der Waals surface area contributed by atoms with Gasteiger partial charge in [-0.1, -0.05) is 37.3 Å². The summed E-state index contributed by atoms with van der Waals surface area (Å²) in [7, 11) is 2.20. The third-order valence-electron chi connectivity index (χ3n) is 4.61. The zero-order chi connectivity index (χ0) is 13.7. The van der Waals surface area contributed by atoms with Gasteiger partial charge in [-0.05, 0) is 63.2 Å². The Morgan fingerprint density at radius 2 is 1.84 bits per heavy atom. The molecule has 1 atom stereocenters. The summed E-state index contributed by atoms with van der Waals surface area (Å²) in [5, 5.41) is 10.1. The number of hydrogen-bond acceptors (Lipinski definition) is 2. The molecule has 0 amide bonds. The number of benzene rings is 1. The van der Waals surface area contributed by atoms with Crippen LogP contribution < -0.4 is 0 Å². The Kier molecular flexibility index (Phi) is 5.00. The predicted molar refractivity (Wildman–Crippen MR) is 80.2 cm³/mol. The third kappa shape index (κ3) is 4.05. The Hall–Kier alpha value is -0.860. The van der Waals surface area contributed by atoms with E-state index in [-0.39, 0.29) is 6.10 Å². The lowest BCUT2D eigenvalue weighted by Crippen LogP contribution is -2.41. The molecule has 1 aliphatic heterocycles. The summed E-state index contributed by atoms with van der Waals surface area (Å²) < 4.78 is 0. The molecule has 1 aromatic carbocycles. The molecule has 19 heavy (non-hydrogen) atoms. The first-order chi connectivity index (χ1) is 9.13. The number of nitrogens with zero attached hydrogens (tertiary/aromatic N) is 1. The Balaban J connectivity index is 2.10. The Morgan fingerprint density at radius 3 is 2.42 bits per heavy atom. The molecule has 1 unspecified atom stereocenters. The van der Waals surface area contributed by atoms with Crippen molar-refractivity contribution in [2.45, 2.75) is 45.1 Å². The Morgan fingerprint density at radius 1 is 1.21 bits per heavy atom. The fraction of sp³-hybridized carbons (Fsp3) is 0.647. The maximum Gasteiger partial charge on any atom is 0.0543 e. The molecular weight excluding hydrogens is 234 g/mol. The summed E-state index contributed by atoms with van der Waals surface area (Å²) in [6.45, 7) is 4.39. The lowest BCUT2D eigenvalue weighted by molar-refractivity contribution is 0.0463. The van der Waals surface area contributed by atoms with Crippen molar-refractivity contribution in [1.29, 1.82) is 0 Å². The van der Waals surface area contributed by atoms with Crippen molar-refractivity contribution >= 4 is 0 Å². The first-order valence-corrected chi connectivity index (χ1v) is 7.54. The predicted octanol–water partition coefficient (Wildman–Crippen LogP) is 3.10. The van der Waals surface area contributed by atoms with Crippen LogP contribution in [-0.2, 0) is 6.42 Å². The van der Waals surface area contributed by atoms with Gasteiger partial charge in [0.25, 0.3) is 0 Å². The molecule has 1 N–H and O–H groups in total. The van der Waals surface area contributed by atoms with E-state index in [0.29, 0.717) is 5.41 Å². The minimum Gasteiger partial charge on any atom is -0.393 e. The van der Waals surface area contributed by atoms with E-state index in [1.807, 2.05) is 0 Å². The summed E-state index contributed by atoms with van der Waals surface area (Å²) in [4.78, 5) is 2.40. The third-order valence-corrected chi connectivity index (χ3v) is 4.61. The topological polar surface area (TPSA) is 23.5 Å². The van der Waals surface area contributed by atoms with Crippen LogP contribution in [-0.4, -0.2) is 36.2 Å². The quantitative estimate of drug-likeness (QED) is 0.880. The molecule has 1 aliphatic rings.